The van der Waals surface area contributed by atoms with Gasteiger partial charge in [-0.2, -0.15) is 0 Å². The number of carbonyl (C=O) groups excluding carboxylic acids is 2. The lowest BCUT2D eigenvalue weighted by atomic mass is 10.1. The predicted molar refractivity (Wildman–Crippen MR) is 81.0 cm³/mol. The number of hydrogen-bond acceptors (Lipinski definition) is 4. The van der Waals surface area contributed by atoms with Gasteiger partial charge >= 0.3 is 0 Å². The molecule has 20 heavy (non-hydrogen) atoms. The SMILES string of the molecule is CC(C)CC(=O)N(C)CCNC(=O)[C@@H](N)CCCCN. The molecule has 2 amide bonds. The zero-order chi connectivity index (χ0) is 15.5. The molecule has 0 aliphatic rings. The molecule has 0 spiro atoms. The number of unbranched alkanes of at least 4 members (excludes halogenated alkanes) is 1. The minimum atomic E-state index is -0.488. The largest absolute Gasteiger partial charge is 0.353 e. The number of nitrogens with zero attached hydrogens (tertiary/aromatic N) is 1. The van der Waals surface area contributed by atoms with E-state index < -0.39 is 6.04 Å². The third-order valence-corrected chi connectivity index (χ3v) is 3.06. The molecule has 118 valence electrons. The van der Waals surface area contributed by atoms with Crippen molar-refractivity contribution >= 4 is 11.8 Å². The van der Waals surface area contributed by atoms with Crippen molar-refractivity contribution in [2.45, 2.75) is 45.6 Å². The highest BCUT2D eigenvalue weighted by Gasteiger charge is 2.14. The number of amides is 2. The molecule has 0 aromatic carbocycles. The Balaban J connectivity index is 3.81. The van der Waals surface area contributed by atoms with Crippen LogP contribution >= 0.6 is 0 Å². The van der Waals surface area contributed by atoms with Gasteiger partial charge in [0.2, 0.25) is 11.8 Å². The Hall–Kier alpha value is -1.14. The van der Waals surface area contributed by atoms with Crippen LogP contribution in [0.1, 0.15) is 39.5 Å². The first-order chi connectivity index (χ1) is 9.38. The molecular formula is C14H30N4O2. The summed E-state index contributed by atoms with van der Waals surface area (Å²) >= 11 is 0. The fraction of sp³-hybridized carbons (Fsp3) is 0.857. The van der Waals surface area contributed by atoms with Crippen LogP contribution in [-0.2, 0) is 9.59 Å². The van der Waals surface area contributed by atoms with Gasteiger partial charge in [-0.25, -0.2) is 0 Å². The van der Waals surface area contributed by atoms with E-state index >= 15 is 0 Å². The number of likely N-dealkylation sites (N-methyl/N-ethyl adjacent to an activating group) is 1. The fourth-order valence-electron chi connectivity index (χ4n) is 1.75. The van der Waals surface area contributed by atoms with Crippen molar-refractivity contribution < 1.29 is 9.59 Å². The Bertz CT molecular complexity index is 295. The van der Waals surface area contributed by atoms with Crippen LogP contribution in [0.25, 0.3) is 0 Å². The van der Waals surface area contributed by atoms with Crippen molar-refractivity contribution in [3.63, 3.8) is 0 Å². The maximum Gasteiger partial charge on any atom is 0.236 e. The van der Waals surface area contributed by atoms with Gasteiger partial charge in [0.05, 0.1) is 6.04 Å². The monoisotopic (exact) mass is 286 g/mol. The van der Waals surface area contributed by atoms with Gasteiger partial charge in [0.15, 0.2) is 0 Å². The molecule has 0 aliphatic carbocycles. The topological polar surface area (TPSA) is 101 Å². The normalized spacial score (nSPS) is 12.3. The molecule has 0 aromatic heterocycles. The Morgan fingerprint density at radius 1 is 1.25 bits per heavy atom. The molecule has 0 bridgehead atoms. The van der Waals surface area contributed by atoms with E-state index in [9.17, 15) is 9.59 Å². The number of nitrogens with two attached hydrogens (primary N) is 2. The van der Waals surface area contributed by atoms with E-state index in [0.717, 1.165) is 12.8 Å². The van der Waals surface area contributed by atoms with Gasteiger partial charge in [0.25, 0.3) is 0 Å². The molecule has 0 aliphatic heterocycles. The summed E-state index contributed by atoms with van der Waals surface area (Å²) < 4.78 is 0. The van der Waals surface area contributed by atoms with Gasteiger partial charge in [-0.15, -0.1) is 0 Å². The van der Waals surface area contributed by atoms with Gasteiger partial charge in [-0.05, 0) is 25.3 Å². The molecular weight excluding hydrogens is 256 g/mol. The zero-order valence-electron chi connectivity index (χ0n) is 13.0. The summed E-state index contributed by atoms with van der Waals surface area (Å²) in [6, 6.07) is -0.488. The quantitative estimate of drug-likeness (QED) is 0.494. The van der Waals surface area contributed by atoms with Crippen molar-refractivity contribution in [3.8, 4) is 0 Å². The van der Waals surface area contributed by atoms with Gasteiger partial charge < -0.3 is 21.7 Å². The van der Waals surface area contributed by atoms with Crippen LogP contribution in [0.3, 0.4) is 0 Å². The van der Waals surface area contributed by atoms with Crippen LogP contribution in [-0.4, -0.2) is 49.4 Å². The maximum absolute atomic E-state index is 11.7. The molecule has 6 heteroatoms. The summed E-state index contributed by atoms with van der Waals surface area (Å²) in [5.74, 6) is 0.281. The van der Waals surface area contributed by atoms with Crippen molar-refractivity contribution in [2.75, 3.05) is 26.7 Å². The predicted octanol–water partition coefficient (Wildman–Crippen LogP) is 0.0634. The Kier molecular flexibility index (Phi) is 10.0. The lowest BCUT2D eigenvalue weighted by Crippen LogP contribution is -2.44. The molecule has 1 atom stereocenters. The Labute approximate surface area is 122 Å². The summed E-state index contributed by atoms with van der Waals surface area (Å²) in [6.07, 6.45) is 2.92. The Morgan fingerprint density at radius 2 is 1.90 bits per heavy atom. The van der Waals surface area contributed by atoms with Crippen molar-refractivity contribution in [3.05, 3.63) is 0 Å². The summed E-state index contributed by atoms with van der Waals surface area (Å²) in [7, 11) is 1.75. The van der Waals surface area contributed by atoms with Gasteiger partial charge in [0, 0.05) is 26.6 Å². The highest BCUT2D eigenvalue weighted by Crippen LogP contribution is 2.02. The number of hydrogen-bond donors (Lipinski definition) is 3. The second-order valence-corrected chi connectivity index (χ2v) is 5.60. The zero-order valence-corrected chi connectivity index (χ0v) is 13.0. The molecule has 5 N–H and O–H groups in total. The highest BCUT2D eigenvalue weighted by atomic mass is 16.2. The average molecular weight is 286 g/mol. The first-order valence-corrected chi connectivity index (χ1v) is 7.35. The van der Waals surface area contributed by atoms with Crippen LogP contribution in [0.4, 0.5) is 0 Å². The minimum Gasteiger partial charge on any atom is -0.353 e. The van der Waals surface area contributed by atoms with Crippen LogP contribution in [0, 0.1) is 5.92 Å². The molecule has 0 rings (SSSR count). The van der Waals surface area contributed by atoms with Crippen molar-refractivity contribution in [1.29, 1.82) is 0 Å². The van der Waals surface area contributed by atoms with Gasteiger partial charge in [0.1, 0.15) is 0 Å². The summed E-state index contributed by atoms with van der Waals surface area (Å²) in [4.78, 5) is 25.0. The molecule has 0 saturated carbocycles. The smallest absolute Gasteiger partial charge is 0.236 e. The average Bonchev–Trinajstić information content (AvgIpc) is 2.37. The third kappa shape index (κ3) is 8.87. The lowest BCUT2D eigenvalue weighted by molar-refractivity contribution is -0.131. The van der Waals surface area contributed by atoms with Crippen LogP contribution < -0.4 is 16.8 Å². The minimum absolute atomic E-state index is 0.0986. The molecule has 0 fully saturated rings. The summed E-state index contributed by atoms with van der Waals surface area (Å²) in [5.41, 5.74) is 11.2. The van der Waals surface area contributed by atoms with Crippen LogP contribution in [0.2, 0.25) is 0 Å². The van der Waals surface area contributed by atoms with E-state index in [-0.39, 0.29) is 11.8 Å². The van der Waals surface area contributed by atoms with Crippen LogP contribution in [0.5, 0.6) is 0 Å². The molecule has 0 saturated heterocycles. The Morgan fingerprint density at radius 3 is 2.45 bits per heavy atom. The van der Waals surface area contributed by atoms with Gasteiger partial charge in [-0.3, -0.25) is 9.59 Å². The number of nitrogens with one attached hydrogen (secondary N) is 1. The van der Waals surface area contributed by atoms with Crippen molar-refractivity contribution in [1.82, 2.24) is 10.2 Å². The molecule has 0 unspecified atom stereocenters. The van der Waals surface area contributed by atoms with E-state index in [0.29, 0.717) is 38.4 Å². The first-order valence-electron chi connectivity index (χ1n) is 7.35. The van der Waals surface area contributed by atoms with E-state index in [1.165, 1.54) is 0 Å². The van der Waals surface area contributed by atoms with E-state index in [1.807, 2.05) is 13.8 Å². The van der Waals surface area contributed by atoms with Gasteiger partial charge in [-0.1, -0.05) is 20.3 Å². The first kappa shape index (κ1) is 18.9. The highest BCUT2D eigenvalue weighted by molar-refractivity contribution is 5.81. The molecule has 6 nitrogen and oxygen atoms in total. The van der Waals surface area contributed by atoms with E-state index in [4.69, 9.17) is 11.5 Å². The second-order valence-electron chi connectivity index (χ2n) is 5.60. The maximum atomic E-state index is 11.7. The third-order valence-electron chi connectivity index (χ3n) is 3.06. The van der Waals surface area contributed by atoms with Crippen LogP contribution in [0.15, 0.2) is 0 Å². The lowest BCUT2D eigenvalue weighted by Gasteiger charge is -2.19. The van der Waals surface area contributed by atoms with E-state index in [2.05, 4.69) is 5.32 Å². The van der Waals surface area contributed by atoms with Crippen molar-refractivity contribution in [2.24, 2.45) is 17.4 Å². The number of carbonyl (C=O) groups is 2. The fourth-order valence-corrected chi connectivity index (χ4v) is 1.75. The number of rotatable bonds is 10. The molecule has 0 aromatic rings. The standard InChI is InChI=1S/C14H30N4O2/c1-11(2)10-13(19)18(3)9-8-17-14(20)12(16)6-4-5-7-15/h11-12H,4-10,15-16H2,1-3H3,(H,17,20)/t12-/m0/s1. The van der Waals surface area contributed by atoms with E-state index in [1.54, 1.807) is 11.9 Å². The second kappa shape index (κ2) is 10.6. The summed E-state index contributed by atoms with van der Waals surface area (Å²) in [5, 5.41) is 2.76. The molecule has 0 heterocycles. The molecule has 0 radical (unpaired) electrons. The summed E-state index contributed by atoms with van der Waals surface area (Å²) in [6.45, 7) is 5.58.